The van der Waals surface area contributed by atoms with Crippen molar-refractivity contribution in [2.75, 3.05) is 32.8 Å². The molecule has 0 spiro atoms. The Morgan fingerprint density at radius 3 is 2.87 bits per heavy atom. The molecule has 1 aliphatic rings. The Hall–Kier alpha value is -0.970. The van der Waals surface area contributed by atoms with Crippen molar-refractivity contribution in [1.29, 1.82) is 0 Å². The summed E-state index contributed by atoms with van der Waals surface area (Å²) in [6.07, 6.45) is 3.62. The molecule has 15 heavy (non-hydrogen) atoms. The predicted octanol–water partition coefficient (Wildman–Crippen LogP) is 0.738. The Morgan fingerprint density at radius 1 is 1.47 bits per heavy atom. The molecule has 1 aromatic rings. The van der Waals surface area contributed by atoms with E-state index in [0.717, 1.165) is 31.9 Å². The molecule has 81 valence electrons. The molecule has 2 heterocycles. The minimum Gasteiger partial charge on any atom is -0.379 e. The molecule has 1 saturated heterocycles. The second-order valence-electron chi connectivity index (χ2n) is 3.65. The third-order valence-corrected chi connectivity index (χ3v) is 2.75. The van der Waals surface area contributed by atoms with Crippen molar-refractivity contribution in [3.63, 3.8) is 0 Å². The SMILES string of the molecule is [NH]CC(c1cccnc1)N1CCOCC1. The standard InChI is InChI=1S/C11H16N3O/c12-8-11(10-2-1-3-13-9-10)14-4-6-15-7-5-14/h1-3,9,11-12H,4-8H2. The van der Waals surface area contributed by atoms with Crippen LogP contribution in [0.3, 0.4) is 0 Å². The number of pyridine rings is 1. The summed E-state index contributed by atoms with van der Waals surface area (Å²) in [6, 6.07) is 4.14. The van der Waals surface area contributed by atoms with Crippen LogP contribution < -0.4 is 5.73 Å². The maximum atomic E-state index is 7.62. The monoisotopic (exact) mass is 206 g/mol. The molecule has 1 fully saturated rings. The van der Waals surface area contributed by atoms with Crippen LogP contribution in [-0.4, -0.2) is 42.7 Å². The fourth-order valence-corrected chi connectivity index (χ4v) is 1.92. The number of nitrogens with zero attached hydrogens (tertiary/aromatic N) is 2. The molecule has 0 saturated carbocycles. The number of morpholine rings is 1. The van der Waals surface area contributed by atoms with Gasteiger partial charge in [-0.15, -0.1) is 0 Å². The van der Waals surface area contributed by atoms with Crippen molar-refractivity contribution in [2.45, 2.75) is 6.04 Å². The first-order chi connectivity index (χ1) is 7.42. The van der Waals surface area contributed by atoms with E-state index in [0.29, 0.717) is 6.54 Å². The van der Waals surface area contributed by atoms with Crippen LogP contribution in [0.4, 0.5) is 0 Å². The average molecular weight is 206 g/mol. The molecule has 0 amide bonds. The molecule has 2 rings (SSSR count). The highest BCUT2D eigenvalue weighted by Crippen LogP contribution is 2.19. The van der Waals surface area contributed by atoms with Crippen molar-refractivity contribution >= 4 is 0 Å². The summed E-state index contributed by atoms with van der Waals surface area (Å²) in [7, 11) is 0. The summed E-state index contributed by atoms with van der Waals surface area (Å²) >= 11 is 0. The summed E-state index contributed by atoms with van der Waals surface area (Å²) in [5.41, 5.74) is 8.76. The molecule has 1 aromatic heterocycles. The molecule has 1 atom stereocenters. The molecule has 0 aromatic carbocycles. The molecule has 0 aliphatic carbocycles. The molecule has 1 aliphatic heterocycles. The van der Waals surface area contributed by atoms with Crippen LogP contribution in [0.2, 0.25) is 0 Å². The highest BCUT2D eigenvalue weighted by atomic mass is 16.5. The van der Waals surface area contributed by atoms with E-state index >= 15 is 0 Å². The van der Waals surface area contributed by atoms with Gasteiger partial charge in [0, 0.05) is 32.0 Å². The van der Waals surface area contributed by atoms with Crippen LogP contribution in [0.25, 0.3) is 0 Å². The van der Waals surface area contributed by atoms with Gasteiger partial charge in [0.25, 0.3) is 0 Å². The number of hydrogen-bond acceptors (Lipinski definition) is 3. The Balaban J connectivity index is 2.09. The lowest BCUT2D eigenvalue weighted by atomic mass is 10.1. The van der Waals surface area contributed by atoms with E-state index < -0.39 is 0 Å². The second kappa shape index (κ2) is 5.21. The first-order valence-electron chi connectivity index (χ1n) is 5.28. The van der Waals surface area contributed by atoms with E-state index in [9.17, 15) is 0 Å². The highest BCUT2D eigenvalue weighted by molar-refractivity contribution is 5.14. The van der Waals surface area contributed by atoms with Crippen molar-refractivity contribution < 1.29 is 4.74 Å². The van der Waals surface area contributed by atoms with E-state index in [2.05, 4.69) is 9.88 Å². The summed E-state index contributed by atoms with van der Waals surface area (Å²) < 4.78 is 5.31. The minimum atomic E-state index is 0.169. The van der Waals surface area contributed by atoms with E-state index in [-0.39, 0.29) is 6.04 Å². The minimum absolute atomic E-state index is 0.169. The average Bonchev–Trinajstić information content (AvgIpc) is 2.33. The Kier molecular flexibility index (Phi) is 3.66. The summed E-state index contributed by atoms with van der Waals surface area (Å²) in [4.78, 5) is 6.41. The van der Waals surface area contributed by atoms with Crippen LogP contribution in [0, 0.1) is 0 Å². The third kappa shape index (κ3) is 2.53. The first-order valence-corrected chi connectivity index (χ1v) is 5.28. The molecular weight excluding hydrogens is 190 g/mol. The van der Waals surface area contributed by atoms with Crippen LogP contribution in [0.5, 0.6) is 0 Å². The fraction of sp³-hybridized carbons (Fsp3) is 0.545. The first kappa shape index (κ1) is 10.5. The zero-order valence-corrected chi connectivity index (χ0v) is 8.72. The molecule has 1 unspecified atom stereocenters. The van der Waals surface area contributed by atoms with E-state index in [1.807, 2.05) is 18.3 Å². The number of ether oxygens (including phenoxy) is 1. The van der Waals surface area contributed by atoms with Gasteiger partial charge >= 0.3 is 0 Å². The Labute approximate surface area is 90.0 Å². The van der Waals surface area contributed by atoms with Gasteiger partial charge in [-0.2, -0.15) is 0 Å². The lowest BCUT2D eigenvalue weighted by Crippen LogP contribution is -2.40. The fourth-order valence-electron chi connectivity index (χ4n) is 1.92. The van der Waals surface area contributed by atoms with Gasteiger partial charge in [0.15, 0.2) is 0 Å². The number of nitrogens with one attached hydrogen (secondary N) is 1. The molecule has 4 nitrogen and oxygen atoms in total. The van der Waals surface area contributed by atoms with Crippen molar-refractivity contribution in [2.24, 2.45) is 0 Å². The molecule has 1 N–H and O–H groups in total. The smallest absolute Gasteiger partial charge is 0.0594 e. The van der Waals surface area contributed by atoms with Gasteiger partial charge in [-0.05, 0) is 11.6 Å². The van der Waals surface area contributed by atoms with E-state index in [1.165, 1.54) is 0 Å². The van der Waals surface area contributed by atoms with Gasteiger partial charge in [0.05, 0.1) is 19.3 Å². The number of rotatable bonds is 3. The Morgan fingerprint density at radius 2 is 2.27 bits per heavy atom. The largest absolute Gasteiger partial charge is 0.379 e. The van der Waals surface area contributed by atoms with E-state index in [4.69, 9.17) is 10.5 Å². The molecular formula is C11H16N3O. The third-order valence-electron chi connectivity index (χ3n) is 2.75. The van der Waals surface area contributed by atoms with Crippen molar-refractivity contribution in [3.8, 4) is 0 Å². The number of hydrogen-bond donors (Lipinski definition) is 0. The van der Waals surface area contributed by atoms with Crippen molar-refractivity contribution in [1.82, 2.24) is 15.6 Å². The van der Waals surface area contributed by atoms with E-state index in [1.54, 1.807) is 6.20 Å². The van der Waals surface area contributed by atoms with Gasteiger partial charge < -0.3 is 4.74 Å². The lowest BCUT2D eigenvalue weighted by Gasteiger charge is -2.33. The Bertz CT molecular complexity index is 285. The zero-order valence-electron chi connectivity index (χ0n) is 8.72. The van der Waals surface area contributed by atoms with Gasteiger partial charge in [-0.25, -0.2) is 0 Å². The van der Waals surface area contributed by atoms with Crippen LogP contribution in [0.1, 0.15) is 11.6 Å². The summed E-state index contributed by atoms with van der Waals surface area (Å²) in [5.74, 6) is 0. The second-order valence-corrected chi connectivity index (χ2v) is 3.65. The van der Waals surface area contributed by atoms with Crippen LogP contribution >= 0.6 is 0 Å². The quantitative estimate of drug-likeness (QED) is 0.732. The normalized spacial score (nSPS) is 20.1. The van der Waals surface area contributed by atoms with Gasteiger partial charge in [0.2, 0.25) is 0 Å². The lowest BCUT2D eigenvalue weighted by molar-refractivity contribution is 0.0175. The number of aromatic nitrogens is 1. The summed E-state index contributed by atoms with van der Waals surface area (Å²) in [6.45, 7) is 3.76. The highest BCUT2D eigenvalue weighted by Gasteiger charge is 2.21. The maximum absolute atomic E-state index is 7.62. The van der Waals surface area contributed by atoms with Crippen LogP contribution in [-0.2, 0) is 4.74 Å². The van der Waals surface area contributed by atoms with Gasteiger partial charge in [-0.3, -0.25) is 15.6 Å². The zero-order chi connectivity index (χ0) is 10.5. The van der Waals surface area contributed by atoms with Gasteiger partial charge in [0.1, 0.15) is 0 Å². The molecule has 1 radical (unpaired) electrons. The van der Waals surface area contributed by atoms with Crippen LogP contribution in [0.15, 0.2) is 24.5 Å². The summed E-state index contributed by atoms with van der Waals surface area (Å²) in [5, 5.41) is 0. The topological polar surface area (TPSA) is 49.2 Å². The maximum Gasteiger partial charge on any atom is 0.0594 e. The van der Waals surface area contributed by atoms with Gasteiger partial charge in [-0.1, -0.05) is 6.07 Å². The molecule has 0 bridgehead atoms. The van der Waals surface area contributed by atoms with Crippen molar-refractivity contribution in [3.05, 3.63) is 30.1 Å². The predicted molar refractivity (Wildman–Crippen MR) is 57.3 cm³/mol. The molecule has 4 heteroatoms.